The van der Waals surface area contributed by atoms with Crippen LogP contribution in [0.25, 0.3) is 0 Å². The van der Waals surface area contributed by atoms with Crippen LogP contribution in [0.5, 0.6) is 0 Å². The summed E-state index contributed by atoms with van der Waals surface area (Å²) in [7, 11) is -1.74. The van der Waals surface area contributed by atoms with Crippen molar-refractivity contribution in [3.8, 4) is 0 Å². The van der Waals surface area contributed by atoms with Crippen LogP contribution in [0.3, 0.4) is 0 Å². The van der Waals surface area contributed by atoms with Gasteiger partial charge in [-0.15, -0.1) is 11.3 Å². The summed E-state index contributed by atoms with van der Waals surface area (Å²) in [6.07, 6.45) is 2.27. The Bertz CT molecular complexity index is 476. The van der Waals surface area contributed by atoms with Crippen LogP contribution in [0.4, 0.5) is 0 Å². The average molecular weight is 345 g/mol. The van der Waals surface area contributed by atoms with Gasteiger partial charge in [-0.05, 0) is 40.8 Å². The van der Waals surface area contributed by atoms with Crippen molar-refractivity contribution in [3.63, 3.8) is 0 Å². The fraction of sp³-hybridized carbons (Fsp3) is 0.556. The van der Waals surface area contributed by atoms with E-state index in [0.29, 0.717) is 25.5 Å². The van der Waals surface area contributed by atoms with Gasteiger partial charge >= 0.3 is 0 Å². The van der Waals surface area contributed by atoms with Crippen molar-refractivity contribution in [2.45, 2.75) is 17.1 Å². The summed E-state index contributed by atoms with van der Waals surface area (Å²) in [6.45, 7) is 0.607. The largest absolute Gasteiger partial charge is 0.252 e. The van der Waals surface area contributed by atoms with Crippen LogP contribution >= 0.6 is 38.9 Å². The second-order valence-corrected chi connectivity index (χ2v) is 8.97. The highest BCUT2D eigenvalue weighted by molar-refractivity contribution is 9.11. The Morgan fingerprint density at radius 3 is 2.69 bits per heavy atom. The molecule has 2 rings (SSSR count). The zero-order valence-electron chi connectivity index (χ0n) is 8.61. The highest BCUT2D eigenvalue weighted by atomic mass is 79.9. The third-order valence-corrected chi connectivity index (χ3v) is 7.25. The second-order valence-electron chi connectivity index (χ2n) is 3.92. The Morgan fingerprint density at radius 2 is 2.25 bits per heavy atom. The van der Waals surface area contributed by atoms with E-state index < -0.39 is 10.0 Å². The normalized spacial score (nSPS) is 17.0. The van der Waals surface area contributed by atoms with Gasteiger partial charge < -0.3 is 0 Å². The lowest BCUT2D eigenvalue weighted by molar-refractivity contribution is 0.454. The molecular weight excluding hydrogens is 334 g/mol. The molecular formula is C9H11BrClNO2S2. The number of sulfonamides is 1. The number of hydrogen-bond acceptors (Lipinski definition) is 3. The molecule has 90 valence electrons. The fourth-order valence-corrected chi connectivity index (χ4v) is 5.23. The van der Waals surface area contributed by atoms with E-state index >= 15 is 0 Å². The van der Waals surface area contributed by atoms with Crippen molar-refractivity contribution in [1.82, 2.24) is 4.31 Å². The maximum absolute atomic E-state index is 12.1. The Hall–Kier alpha value is 0.380. The van der Waals surface area contributed by atoms with E-state index in [0.717, 1.165) is 24.2 Å². The van der Waals surface area contributed by atoms with Gasteiger partial charge in [-0.3, -0.25) is 0 Å². The molecule has 0 aliphatic heterocycles. The monoisotopic (exact) mass is 343 g/mol. The highest BCUT2D eigenvalue weighted by Crippen LogP contribution is 2.37. The first-order chi connectivity index (χ1) is 7.41. The minimum Gasteiger partial charge on any atom is -0.206 e. The summed E-state index contributed by atoms with van der Waals surface area (Å²) in [5.74, 6) is 0.540. The van der Waals surface area contributed by atoms with Crippen molar-refractivity contribution in [3.05, 3.63) is 14.9 Å². The number of halogens is 2. The zero-order valence-corrected chi connectivity index (χ0v) is 12.6. The molecule has 7 heteroatoms. The summed E-state index contributed by atoms with van der Waals surface area (Å²) in [6, 6.07) is 1.50. The Labute approximate surface area is 113 Å². The summed E-state index contributed by atoms with van der Waals surface area (Å²) < 4.78 is 26.6. The number of thiophene rings is 1. The molecule has 1 saturated carbocycles. The predicted molar refractivity (Wildman–Crippen MR) is 69.6 cm³/mol. The van der Waals surface area contributed by atoms with Gasteiger partial charge in [0.15, 0.2) is 0 Å². The maximum Gasteiger partial charge on any atom is 0.252 e. The SMILES string of the molecule is CN(CC1CC1)S(=O)(=O)c1cc(Cl)c(Br)s1. The molecule has 1 aliphatic rings. The first-order valence-electron chi connectivity index (χ1n) is 4.82. The maximum atomic E-state index is 12.1. The molecule has 1 heterocycles. The van der Waals surface area contributed by atoms with Gasteiger partial charge in [0.2, 0.25) is 0 Å². The molecule has 0 bridgehead atoms. The predicted octanol–water partition coefficient (Wildman–Crippen LogP) is 3.19. The van der Waals surface area contributed by atoms with Gasteiger partial charge in [0.1, 0.15) is 4.21 Å². The van der Waals surface area contributed by atoms with Gasteiger partial charge in [-0.2, -0.15) is 4.31 Å². The molecule has 1 aromatic heterocycles. The van der Waals surface area contributed by atoms with Crippen LogP contribution in [-0.4, -0.2) is 26.3 Å². The lowest BCUT2D eigenvalue weighted by Crippen LogP contribution is -2.28. The smallest absolute Gasteiger partial charge is 0.206 e. The van der Waals surface area contributed by atoms with Crippen molar-refractivity contribution in [2.24, 2.45) is 5.92 Å². The first kappa shape index (κ1) is 12.8. The first-order valence-corrected chi connectivity index (χ1v) is 8.25. The van der Waals surface area contributed by atoms with Crippen LogP contribution in [-0.2, 0) is 10.0 Å². The number of nitrogens with zero attached hydrogens (tertiary/aromatic N) is 1. The quantitative estimate of drug-likeness (QED) is 0.841. The van der Waals surface area contributed by atoms with Crippen molar-refractivity contribution in [1.29, 1.82) is 0 Å². The zero-order chi connectivity index (χ0) is 11.9. The average Bonchev–Trinajstić information content (AvgIpc) is 2.94. The third-order valence-electron chi connectivity index (χ3n) is 2.50. The minimum atomic E-state index is -3.36. The molecule has 1 aromatic rings. The molecule has 16 heavy (non-hydrogen) atoms. The molecule has 0 N–H and O–H groups in total. The number of rotatable bonds is 4. The summed E-state index contributed by atoms with van der Waals surface area (Å²) >= 11 is 10.2. The molecule has 3 nitrogen and oxygen atoms in total. The van der Waals surface area contributed by atoms with Crippen LogP contribution in [0.15, 0.2) is 14.1 Å². The Balaban J connectivity index is 2.22. The van der Waals surface area contributed by atoms with Crippen LogP contribution < -0.4 is 0 Å². The highest BCUT2D eigenvalue weighted by Gasteiger charge is 2.30. The standard InChI is InChI=1S/C9H11BrClNO2S2/c1-12(5-6-2-3-6)16(13,14)8-4-7(11)9(10)15-8/h4,6H,2-3,5H2,1H3. The van der Waals surface area contributed by atoms with E-state index in [1.807, 2.05) is 0 Å². The molecule has 0 radical (unpaired) electrons. The Kier molecular flexibility index (Phi) is 3.66. The third kappa shape index (κ3) is 2.61. The molecule has 1 fully saturated rings. The molecule has 1 aliphatic carbocycles. The second kappa shape index (κ2) is 4.57. The van der Waals surface area contributed by atoms with Gasteiger partial charge in [0.05, 0.1) is 8.81 Å². The minimum absolute atomic E-state index is 0.299. The van der Waals surface area contributed by atoms with E-state index in [1.54, 1.807) is 7.05 Å². The summed E-state index contributed by atoms with van der Waals surface area (Å²) in [5, 5.41) is 0.448. The van der Waals surface area contributed by atoms with E-state index in [1.165, 1.54) is 10.4 Å². The van der Waals surface area contributed by atoms with Gasteiger partial charge in [-0.25, -0.2) is 8.42 Å². The fourth-order valence-electron chi connectivity index (χ4n) is 1.37. The van der Waals surface area contributed by atoms with Gasteiger partial charge in [0.25, 0.3) is 10.0 Å². The molecule has 0 atom stereocenters. The summed E-state index contributed by atoms with van der Waals surface area (Å²) in [4.78, 5) is 0. The van der Waals surface area contributed by atoms with Crippen molar-refractivity contribution in [2.75, 3.05) is 13.6 Å². The molecule has 0 saturated heterocycles. The molecule has 0 spiro atoms. The van der Waals surface area contributed by atoms with E-state index in [2.05, 4.69) is 15.9 Å². The molecule has 0 aromatic carbocycles. The number of hydrogen-bond donors (Lipinski definition) is 0. The van der Waals surface area contributed by atoms with Gasteiger partial charge in [0, 0.05) is 13.6 Å². The van der Waals surface area contributed by atoms with Crippen LogP contribution in [0.1, 0.15) is 12.8 Å². The van der Waals surface area contributed by atoms with E-state index in [4.69, 9.17) is 11.6 Å². The lowest BCUT2D eigenvalue weighted by atomic mass is 10.4. The Morgan fingerprint density at radius 1 is 1.62 bits per heavy atom. The molecule has 0 amide bonds. The van der Waals surface area contributed by atoms with Crippen molar-refractivity contribution >= 4 is 48.9 Å². The van der Waals surface area contributed by atoms with E-state index in [9.17, 15) is 8.42 Å². The van der Waals surface area contributed by atoms with E-state index in [-0.39, 0.29) is 0 Å². The van der Waals surface area contributed by atoms with Crippen molar-refractivity contribution < 1.29 is 8.42 Å². The lowest BCUT2D eigenvalue weighted by Gasteiger charge is -2.15. The van der Waals surface area contributed by atoms with Gasteiger partial charge in [-0.1, -0.05) is 11.6 Å². The molecule has 0 unspecified atom stereocenters. The van der Waals surface area contributed by atoms with Crippen LogP contribution in [0, 0.1) is 5.92 Å². The topological polar surface area (TPSA) is 37.4 Å². The van der Waals surface area contributed by atoms with Crippen LogP contribution in [0.2, 0.25) is 5.02 Å². The summed E-state index contributed by atoms with van der Waals surface area (Å²) in [5.41, 5.74) is 0.